The highest BCUT2D eigenvalue weighted by molar-refractivity contribution is 5.95. The number of amides is 2. The second-order valence-electron chi connectivity index (χ2n) is 6.87. The molecule has 1 aliphatic rings. The van der Waals surface area contributed by atoms with Crippen LogP contribution >= 0.6 is 0 Å². The van der Waals surface area contributed by atoms with E-state index in [1.807, 2.05) is 24.3 Å². The Bertz CT molecular complexity index is 820. The first-order valence-electron chi connectivity index (χ1n) is 9.00. The van der Waals surface area contributed by atoms with Gasteiger partial charge in [-0.2, -0.15) is 0 Å². The highest BCUT2D eigenvalue weighted by Gasteiger charge is 2.28. The smallest absolute Gasteiger partial charge is 0.254 e. The number of anilines is 1. The van der Waals surface area contributed by atoms with E-state index in [9.17, 15) is 14.0 Å². The number of morpholine rings is 1. The number of benzene rings is 2. The third kappa shape index (κ3) is 4.52. The van der Waals surface area contributed by atoms with Crippen LogP contribution in [0.5, 0.6) is 0 Å². The van der Waals surface area contributed by atoms with E-state index in [0.29, 0.717) is 12.5 Å². The van der Waals surface area contributed by atoms with E-state index in [0.717, 1.165) is 5.69 Å². The first-order valence-corrected chi connectivity index (χ1v) is 9.00. The van der Waals surface area contributed by atoms with Gasteiger partial charge < -0.3 is 15.0 Å². The molecule has 2 aromatic rings. The number of nitrogens with zero attached hydrogens (tertiary/aromatic N) is 1. The van der Waals surface area contributed by atoms with E-state index in [1.165, 1.54) is 23.8 Å². The molecule has 5 nitrogen and oxygen atoms in total. The SMILES string of the molecule is CC(C)c1ccc(N2CC(CNC(=O)c3ccccc3F)OCC2=O)cc1. The Hall–Kier alpha value is -2.73. The van der Waals surface area contributed by atoms with Crippen LogP contribution in [-0.2, 0) is 9.53 Å². The number of halogens is 1. The van der Waals surface area contributed by atoms with Crippen LogP contribution in [0, 0.1) is 5.82 Å². The van der Waals surface area contributed by atoms with Crippen molar-refractivity contribution in [2.24, 2.45) is 0 Å². The minimum atomic E-state index is -0.568. The zero-order valence-corrected chi connectivity index (χ0v) is 15.4. The molecule has 142 valence electrons. The molecular formula is C21H23FN2O3. The summed E-state index contributed by atoms with van der Waals surface area (Å²) >= 11 is 0. The van der Waals surface area contributed by atoms with Crippen molar-refractivity contribution in [2.45, 2.75) is 25.9 Å². The van der Waals surface area contributed by atoms with Crippen LogP contribution in [0.25, 0.3) is 0 Å². The number of rotatable bonds is 5. The fourth-order valence-electron chi connectivity index (χ4n) is 2.98. The van der Waals surface area contributed by atoms with Gasteiger partial charge in [0.15, 0.2) is 0 Å². The second-order valence-corrected chi connectivity index (χ2v) is 6.87. The summed E-state index contributed by atoms with van der Waals surface area (Å²) in [7, 11) is 0. The molecule has 1 heterocycles. The average Bonchev–Trinajstić information content (AvgIpc) is 2.67. The Balaban J connectivity index is 1.62. The van der Waals surface area contributed by atoms with Gasteiger partial charge in [0.25, 0.3) is 11.8 Å². The van der Waals surface area contributed by atoms with Crippen molar-refractivity contribution in [3.8, 4) is 0 Å². The standard InChI is InChI=1S/C21H23FN2O3/c1-14(2)15-7-9-16(10-8-15)24-12-17(27-13-20(24)25)11-23-21(26)18-5-3-4-6-19(18)22/h3-10,14,17H,11-13H2,1-2H3,(H,23,26). The molecule has 2 aromatic carbocycles. The maximum atomic E-state index is 13.7. The molecule has 0 aromatic heterocycles. The zero-order valence-electron chi connectivity index (χ0n) is 15.4. The average molecular weight is 370 g/mol. The lowest BCUT2D eigenvalue weighted by Gasteiger charge is -2.33. The largest absolute Gasteiger partial charge is 0.365 e. The number of hydrogen-bond acceptors (Lipinski definition) is 3. The Morgan fingerprint density at radius 1 is 1.22 bits per heavy atom. The first-order chi connectivity index (χ1) is 13.0. The van der Waals surface area contributed by atoms with E-state index in [-0.39, 0.29) is 30.7 Å². The van der Waals surface area contributed by atoms with E-state index in [4.69, 9.17) is 4.74 Å². The summed E-state index contributed by atoms with van der Waals surface area (Å²) < 4.78 is 19.2. The van der Waals surface area contributed by atoms with E-state index in [2.05, 4.69) is 19.2 Å². The quantitative estimate of drug-likeness (QED) is 0.880. The summed E-state index contributed by atoms with van der Waals surface area (Å²) in [4.78, 5) is 26.0. The summed E-state index contributed by atoms with van der Waals surface area (Å²) in [5.74, 6) is -0.771. The van der Waals surface area contributed by atoms with E-state index in [1.54, 1.807) is 11.0 Å². The van der Waals surface area contributed by atoms with Crippen LogP contribution in [-0.4, -0.2) is 37.6 Å². The van der Waals surface area contributed by atoms with Crippen LogP contribution in [0.2, 0.25) is 0 Å². The van der Waals surface area contributed by atoms with Gasteiger partial charge in [0.1, 0.15) is 12.4 Å². The Labute approximate surface area is 158 Å². The predicted octanol–water partition coefficient (Wildman–Crippen LogP) is 3.11. The molecule has 0 bridgehead atoms. The summed E-state index contributed by atoms with van der Waals surface area (Å²) in [6.45, 7) is 4.71. The first kappa shape index (κ1) is 19.0. The summed E-state index contributed by atoms with van der Waals surface area (Å²) in [5, 5.41) is 2.68. The highest BCUT2D eigenvalue weighted by Crippen LogP contribution is 2.22. The number of nitrogens with one attached hydrogen (secondary N) is 1. The maximum Gasteiger partial charge on any atom is 0.254 e. The van der Waals surface area contributed by atoms with Gasteiger partial charge in [0, 0.05) is 12.2 Å². The van der Waals surface area contributed by atoms with Crippen molar-refractivity contribution in [3.05, 3.63) is 65.5 Å². The van der Waals surface area contributed by atoms with Crippen molar-refractivity contribution in [3.63, 3.8) is 0 Å². The van der Waals surface area contributed by atoms with Crippen LogP contribution in [0.3, 0.4) is 0 Å². The molecule has 6 heteroatoms. The number of carbonyl (C=O) groups is 2. The molecule has 1 unspecified atom stereocenters. The molecule has 0 radical (unpaired) electrons. The molecule has 1 aliphatic heterocycles. The van der Waals surface area contributed by atoms with Gasteiger partial charge in [0.2, 0.25) is 0 Å². The van der Waals surface area contributed by atoms with Crippen LogP contribution in [0.1, 0.15) is 35.7 Å². The maximum absolute atomic E-state index is 13.7. The molecule has 27 heavy (non-hydrogen) atoms. The van der Waals surface area contributed by atoms with Gasteiger partial charge in [-0.05, 0) is 35.7 Å². The molecular weight excluding hydrogens is 347 g/mol. The van der Waals surface area contributed by atoms with Crippen molar-refractivity contribution >= 4 is 17.5 Å². The van der Waals surface area contributed by atoms with Gasteiger partial charge in [-0.25, -0.2) is 4.39 Å². The normalized spacial score (nSPS) is 17.3. The molecule has 1 atom stereocenters. The van der Waals surface area contributed by atoms with Crippen LogP contribution < -0.4 is 10.2 Å². The predicted molar refractivity (Wildman–Crippen MR) is 101 cm³/mol. The number of ether oxygens (including phenoxy) is 1. The van der Waals surface area contributed by atoms with Gasteiger partial charge >= 0.3 is 0 Å². The lowest BCUT2D eigenvalue weighted by molar-refractivity contribution is -0.129. The van der Waals surface area contributed by atoms with Crippen LogP contribution in [0.4, 0.5) is 10.1 Å². The van der Waals surface area contributed by atoms with E-state index < -0.39 is 11.7 Å². The van der Waals surface area contributed by atoms with Gasteiger partial charge in [0.05, 0.1) is 18.2 Å². The van der Waals surface area contributed by atoms with Gasteiger partial charge in [-0.15, -0.1) is 0 Å². The van der Waals surface area contributed by atoms with Crippen molar-refractivity contribution in [1.82, 2.24) is 5.32 Å². The highest BCUT2D eigenvalue weighted by atomic mass is 19.1. The molecule has 1 N–H and O–H groups in total. The van der Waals surface area contributed by atoms with Crippen molar-refractivity contribution in [1.29, 1.82) is 0 Å². The lowest BCUT2D eigenvalue weighted by Crippen LogP contribution is -2.50. The third-order valence-electron chi connectivity index (χ3n) is 4.61. The third-order valence-corrected chi connectivity index (χ3v) is 4.61. The minimum absolute atomic E-state index is 0.00878. The van der Waals surface area contributed by atoms with Crippen molar-refractivity contribution in [2.75, 3.05) is 24.6 Å². The fourth-order valence-corrected chi connectivity index (χ4v) is 2.98. The molecule has 0 aliphatic carbocycles. The number of hydrogen-bond donors (Lipinski definition) is 1. The molecule has 1 saturated heterocycles. The topological polar surface area (TPSA) is 58.6 Å². The Morgan fingerprint density at radius 2 is 1.93 bits per heavy atom. The Morgan fingerprint density at radius 3 is 2.59 bits per heavy atom. The molecule has 0 saturated carbocycles. The van der Waals surface area contributed by atoms with Gasteiger partial charge in [-0.1, -0.05) is 38.1 Å². The molecule has 0 spiro atoms. The minimum Gasteiger partial charge on any atom is -0.365 e. The number of carbonyl (C=O) groups excluding carboxylic acids is 2. The zero-order chi connectivity index (χ0) is 19.4. The molecule has 1 fully saturated rings. The molecule has 3 rings (SSSR count). The Kier molecular flexibility index (Phi) is 5.86. The fraction of sp³-hybridized carbons (Fsp3) is 0.333. The molecule has 2 amide bonds. The van der Waals surface area contributed by atoms with E-state index >= 15 is 0 Å². The summed E-state index contributed by atoms with van der Waals surface area (Å²) in [6, 6.07) is 13.7. The second kappa shape index (κ2) is 8.31. The summed E-state index contributed by atoms with van der Waals surface area (Å²) in [6.07, 6.45) is -0.358. The monoisotopic (exact) mass is 370 g/mol. The van der Waals surface area contributed by atoms with Crippen LogP contribution in [0.15, 0.2) is 48.5 Å². The lowest BCUT2D eigenvalue weighted by atomic mass is 10.0. The van der Waals surface area contributed by atoms with Gasteiger partial charge in [-0.3, -0.25) is 9.59 Å². The van der Waals surface area contributed by atoms with Crippen molar-refractivity contribution < 1.29 is 18.7 Å². The summed E-state index contributed by atoms with van der Waals surface area (Å²) in [5.41, 5.74) is 2.00.